The number of para-hydroxylation sites is 1. The molecule has 1 amide bonds. The van der Waals surface area contributed by atoms with Gasteiger partial charge in [0.2, 0.25) is 0 Å². The van der Waals surface area contributed by atoms with Crippen LogP contribution in [0.4, 0.5) is 0 Å². The van der Waals surface area contributed by atoms with Crippen LogP contribution >= 0.6 is 12.2 Å². The molecule has 0 unspecified atom stereocenters. The first-order valence-electron chi connectivity index (χ1n) is 4.81. The van der Waals surface area contributed by atoms with Gasteiger partial charge in [-0.1, -0.05) is 18.2 Å². The Morgan fingerprint density at radius 3 is 2.81 bits per heavy atom. The summed E-state index contributed by atoms with van der Waals surface area (Å²) in [4.78, 5) is 14.7. The summed E-state index contributed by atoms with van der Waals surface area (Å²) in [5.41, 5.74) is 1.43. The molecule has 5 heteroatoms. The molecule has 0 spiro atoms. The van der Waals surface area contributed by atoms with E-state index in [0.717, 1.165) is 10.9 Å². The summed E-state index contributed by atoms with van der Waals surface area (Å²) in [5.74, 6) is -0.240. The zero-order chi connectivity index (χ0) is 11.5. The van der Waals surface area contributed by atoms with Gasteiger partial charge in [-0.3, -0.25) is 10.1 Å². The van der Waals surface area contributed by atoms with Crippen molar-refractivity contribution >= 4 is 34.1 Å². The average molecular weight is 233 g/mol. The second kappa shape index (κ2) is 4.32. The van der Waals surface area contributed by atoms with Gasteiger partial charge in [-0.25, -0.2) is 0 Å². The minimum Gasteiger partial charge on any atom is -0.365 e. The summed E-state index contributed by atoms with van der Waals surface area (Å²) < 4.78 is 0. The normalized spacial score (nSPS) is 10.1. The molecule has 2 aromatic rings. The van der Waals surface area contributed by atoms with Crippen molar-refractivity contribution in [1.82, 2.24) is 15.6 Å². The van der Waals surface area contributed by atoms with Crippen molar-refractivity contribution in [2.24, 2.45) is 0 Å². The van der Waals surface area contributed by atoms with Gasteiger partial charge in [-0.05, 0) is 24.4 Å². The zero-order valence-corrected chi connectivity index (χ0v) is 9.52. The van der Waals surface area contributed by atoms with Gasteiger partial charge in [-0.15, -0.1) is 0 Å². The van der Waals surface area contributed by atoms with Crippen LogP contribution in [0.2, 0.25) is 0 Å². The number of thiocarbonyl (C=S) groups is 1. The minimum atomic E-state index is -0.240. The molecule has 1 aromatic carbocycles. The maximum absolute atomic E-state index is 11.7. The summed E-state index contributed by atoms with van der Waals surface area (Å²) >= 11 is 4.86. The monoisotopic (exact) mass is 233 g/mol. The number of fused-ring (bicyclic) bond motifs is 1. The molecule has 0 saturated heterocycles. The topological polar surface area (TPSA) is 56.9 Å². The number of benzene rings is 1. The van der Waals surface area contributed by atoms with Crippen LogP contribution in [0.25, 0.3) is 10.9 Å². The van der Waals surface area contributed by atoms with Gasteiger partial charge in [0.05, 0.1) is 0 Å². The number of amides is 1. The first-order chi connectivity index (χ1) is 7.70. The highest BCUT2D eigenvalue weighted by atomic mass is 32.1. The highest BCUT2D eigenvalue weighted by Crippen LogP contribution is 2.14. The molecule has 0 fully saturated rings. The molecule has 16 heavy (non-hydrogen) atoms. The summed E-state index contributed by atoms with van der Waals surface area (Å²) in [6.07, 6.45) is 0. The Morgan fingerprint density at radius 1 is 1.38 bits per heavy atom. The van der Waals surface area contributed by atoms with Crippen LogP contribution in [0, 0.1) is 0 Å². The lowest BCUT2D eigenvalue weighted by atomic mass is 10.2. The second-order valence-corrected chi connectivity index (χ2v) is 3.71. The zero-order valence-electron chi connectivity index (χ0n) is 8.70. The number of hydrogen-bond acceptors (Lipinski definition) is 2. The van der Waals surface area contributed by atoms with E-state index in [4.69, 9.17) is 12.2 Å². The molecule has 0 atom stereocenters. The first-order valence-corrected chi connectivity index (χ1v) is 5.22. The third-order valence-electron chi connectivity index (χ3n) is 2.23. The van der Waals surface area contributed by atoms with Gasteiger partial charge in [0.1, 0.15) is 5.69 Å². The number of rotatable bonds is 1. The molecule has 0 aliphatic rings. The van der Waals surface area contributed by atoms with E-state index in [1.54, 1.807) is 13.1 Å². The van der Waals surface area contributed by atoms with Crippen molar-refractivity contribution in [3.63, 3.8) is 0 Å². The van der Waals surface area contributed by atoms with E-state index in [1.807, 2.05) is 24.3 Å². The average Bonchev–Trinajstić information content (AvgIpc) is 2.72. The van der Waals surface area contributed by atoms with Crippen LogP contribution in [0.3, 0.4) is 0 Å². The largest absolute Gasteiger partial charge is 0.365 e. The SMILES string of the molecule is CNC(=S)NC(=O)c1cc2ccccc2[nH]1. The summed E-state index contributed by atoms with van der Waals surface area (Å²) in [7, 11) is 1.66. The van der Waals surface area contributed by atoms with Crippen molar-refractivity contribution < 1.29 is 4.79 Å². The molecule has 0 radical (unpaired) electrons. The van der Waals surface area contributed by atoms with Gasteiger partial charge in [0.15, 0.2) is 5.11 Å². The summed E-state index contributed by atoms with van der Waals surface area (Å²) in [5, 5.41) is 6.55. The number of H-pyrrole nitrogens is 1. The molecule has 82 valence electrons. The Bertz CT molecular complexity index is 514. The van der Waals surface area contributed by atoms with Crippen LogP contribution in [0.1, 0.15) is 10.5 Å². The number of carbonyl (C=O) groups excluding carboxylic acids is 1. The highest BCUT2D eigenvalue weighted by molar-refractivity contribution is 7.80. The van der Waals surface area contributed by atoms with Gasteiger partial charge < -0.3 is 10.3 Å². The Morgan fingerprint density at radius 2 is 2.12 bits per heavy atom. The standard InChI is InChI=1S/C11H11N3OS/c1-12-11(16)14-10(15)9-6-7-4-2-3-5-8(7)13-9/h2-6,13H,1H3,(H2,12,14,15,16). The lowest BCUT2D eigenvalue weighted by Crippen LogP contribution is -2.37. The highest BCUT2D eigenvalue weighted by Gasteiger charge is 2.09. The maximum Gasteiger partial charge on any atom is 0.273 e. The number of hydrogen-bond donors (Lipinski definition) is 3. The van der Waals surface area contributed by atoms with Crippen LogP contribution < -0.4 is 10.6 Å². The van der Waals surface area contributed by atoms with Crippen LogP contribution in [0.15, 0.2) is 30.3 Å². The first kappa shape index (κ1) is 10.6. The number of aromatic nitrogens is 1. The van der Waals surface area contributed by atoms with Crippen LogP contribution in [-0.2, 0) is 0 Å². The molecule has 4 nitrogen and oxygen atoms in total. The van der Waals surface area contributed by atoms with Gasteiger partial charge in [0.25, 0.3) is 5.91 Å². The van der Waals surface area contributed by atoms with E-state index in [0.29, 0.717) is 10.8 Å². The Hall–Kier alpha value is -1.88. The number of nitrogens with one attached hydrogen (secondary N) is 3. The molecular weight excluding hydrogens is 222 g/mol. The third-order valence-corrected chi connectivity index (χ3v) is 2.53. The van der Waals surface area contributed by atoms with Gasteiger partial charge in [-0.2, -0.15) is 0 Å². The predicted octanol–water partition coefficient (Wildman–Crippen LogP) is 1.40. The molecule has 2 rings (SSSR count). The van der Waals surface area contributed by atoms with Crippen molar-refractivity contribution in [1.29, 1.82) is 0 Å². The number of aromatic amines is 1. The van der Waals surface area contributed by atoms with E-state index in [1.165, 1.54) is 0 Å². The summed E-state index contributed by atoms with van der Waals surface area (Å²) in [6, 6.07) is 9.50. The molecule has 1 heterocycles. The fourth-order valence-electron chi connectivity index (χ4n) is 1.43. The van der Waals surface area contributed by atoms with Crippen LogP contribution in [0.5, 0.6) is 0 Å². The third kappa shape index (κ3) is 2.04. The maximum atomic E-state index is 11.7. The Kier molecular flexibility index (Phi) is 2.87. The van der Waals surface area contributed by atoms with E-state index in [9.17, 15) is 4.79 Å². The lowest BCUT2D eigenvalue weighted by molar-refractivity contribution is 0.0973. The molecule has 0 saturated carbocycles. The quantitative estimate of drug-likeness (QED) is 0.653. The molecule has 1 aromatic heterocycles. The van der Waals surface area contributed by atoms with Gasteiger partial charge >= 0.3 is 0 Å². The Balaban J connectivity index is 2.26. The molecule has 3 N–H and O–H groups in total. The van der Waals surface area contributed by atoms with E-state index < -0.39 is 0 Å². The van der Waals surface area contributed by atoms with E-state index >= 15 is 0 Å². The summed E-state index contributed by atoms with van der Waals surface area (Å²) in [6.45, 7) is 0. The smallest absolute Gasteiger partial charge is 0.273 e. The van der Waals surface area contributed by atoms with Crippen molar-refractivity contribution in [3.8, 4) is 0 Å². The van der Waals surface area contributed by atoms with E-state index in [-0.39, 0.29) is 5.91 Å². The fourth-order valence-corrected chi connectivity index (χ4v) is 1.52. The molecule has 0 bridgehead atoms. The molecule has 0 aliphatic heterocycles. The predicted molar refractivity (Wildman–Crippen MR) is 67.4 cm³/mol. The number of carbonyl (C=O) groups is 1. The van der Waals surface area contributed by atoms with Crippen LogP contribution in [-0.4, -0.2) is 23.1 Å². The van der Waals surface area contributed by atoms with Gasteiger partial charge in [0, 0.05) is 18.0 Å². The Labute approximate surface area is 98.0 Å². The van der Waals surface area contributed by atoms with E-state index in [2.05, 4.69) is 15.6 Å². The fraction of sp³-hybridized carbons (Fsp3) is 0.0909. The second-order valence-electron chi connectivity index (χ2n) is 3.30. The molecular formula is C11H11N3OS. The van der Waals surface area contributed by atoms with Crippen molar-refractivity contribution in [3.05, 3.63) is 36.0 Å². The lowest BCUT2D eigenvalue weighted by Gasteiger charge is -2.03. The van der Waals surface area contributed by atoms with Crippen molar-refractivity contribution in [2.45, 2.75) is 0 Å². The molecule has 0 aliphatic carbocycles. The van der Waals surface area contributed by atoms with Crippen molar-refractivity contribution in [2.75, 3.05) is 7.05 Å². The minimum absolute atomic E-state index is 0.240.